The molecule has 1 aromatic rings. The maximum Gasteiger partial charge on any atom is 0.0588 e. The summed E-state index contributed by atoms with van der Waals surface area (Å²) in [5.74, 6) is 0.682. The molecule has 2 rings (SSSR count). The van der Waals surface area contributed by atoms with Gasteiger partial charge in [-0.15, -0.1) is 11.6 Å². The normalized spacial score (nSPS) is 24.2. The summed E-state index contributed by atoms with van der Waals surface area (Å²) in [6, 6.07) is 4.77. The van der Waals surface area contributed by atoms with E-state index in [0.717, 1.165) is 19.3 Å². The lowest BCUT2D eigenvalue weighted by atomic mass is 9.81. The molecule has 0 fully saturated rings. The molecule has 0 aliphatic heterocycles. The summed E-state index contributed by atoms with van der Waals surface area (Å²) in [7, 11) is 0. The zero-order chi connectivity index (χ0) is 11.7. The van der Waals surface area contributed by atoms with E-state index in [2.05, 4.69) is 32.9 Å². The molecule has 0 saturated heterocycles. The number of aryl methyl sites for hydroxylation is 2. The van der Waals surface area contributed by atoms with Gasteiger partial charge in [0.25, 0.3) is 0 Å². The summed E-state index contributed by atoms with van der Waals surface area (Å²) in [5.41, 5.74) is 5.90. The lowest BCUT2D eigenvalue weighted by Crippen LogP contribution is -2.11. The molecule has 1 aromatic carbocycles. The van der Waals surface area contributed by atoms with Gasteiger partial charge in [-0.05, 0) is 53.9 Å². The minimum absolute atomic E-state index is 0.238. The van der Waals surface area contributed by atoms with Crippen LogP contribution in [0.1, 0.15) is 67.2 Å². The van der Waals surface area contributed by atoms with Gasteiger partial charge in [-0.3, -0.25) is 0 Å². The molecule has 2 atom stereocenters. The minimum atomic E-state index is 0.238. The number of hydrogen-bond donors (Lipinski definition) is 0. The van der Waals surface area contributed by atoms with E-state index < -0.39 is 0 Å². The maximum atomic E-state index is 6.44. The lowest BCUT2D eigenvalue weighted by molar-refractivity contribution is 0.577. The molecule has 0 nitrogen and oxygen atoms in total. The molecule has 88 valence electrons. The molecule has 0 heterocycles. The Morgan fingerprint density at radius 1 is 1.06 bits per heavy atom. The molecule has 0 aromatic heterocycles. The van der Waals surface area contributed by atoms with Gasteiger partial charge < -0.3 is 0 Å². The van der Waals surface area contributed by atoms with Crippen LogP contribution in [0.5, 0.6) is 0 Å². The van der Waals surface area contributed by atoms with Crippen LogP contribution in [0.3, 0.4) is 0 Å². The largest absolute Gasteiger partial charge is 0.118 e. The minimum Gasteiger partial charge on any atom is -0.118 e. The van der Waals surface area contributed by atoms with Gasteiger partial charge in [-0.1, -0.05) is 32.9 Å². The summed E-state index contributed by atoms with van der Waals surface area (Å²) in [5, 5.41) is 0.238. The third-order valence-electron chi connectivity index (χ3n) is 3.89. The van der Waals surface area contributed by atoms with Crippen LogP contribution in [0.25, 0.3) is 0 Å². The maximum absolute atomic E-state index is 6.44. The molecular weight excluding hydrogens is 216 g/mol. The topological polar surface area (TPSA) is 0 Å². The summed E-state index contributed by atoms with van der Waals surface area (Å²) < 4.78 is 0. The molecule has 0 radical (unpaired) electrons. The zero-order valence-corrected chi connectivity index (χ0v) is 11.3. The van der Waals surface area contributed by atoms with E-state index in [9.17, 15) is 0 Å². The molecular formula is C15H21Cl. The van der Waals surface area contributed by atoms with Gasteiger partial charge in [-0.2, -0.15) is 0 Å². The first-order chi connectivity index (χ1) is 7.67. The van der Waals surface area contributed by atoms with Crippen LogP contribution >= 0.6 is 11.6 Å². The van der Waals surface area contributed by atoms with E-state index >= 15 is 0 Å². The SMILES string of the molecule is CCc1cc2c(cc1CC)C(Cl)CCC2C. The van der Waals surface area contributed by atoms with Crippen LogP contribution in [0.2, 0.25) is 0 Å². The van der Waals surface area contributed by atoms with Gasteiger partial charge >= 0.3 is 0 Å². The van der Waals surface area contributed by atoms with Crippen molar-refractivity contribution >= 4 is 11.6 Å². The Kier molecular flexibility index (Phi) is 3.59. The number of alkyl halides is 1. The molecule has 0 bridgehead atoms. The average Bonchev–Trinajstić information content (AvgIpc) is 2.32. The Morgan fingerprint density at radius 3 is 2.19 bits per heavy atom. The standard InChI is InChI=1S/C15H21Cl/c1-4-11-8-13-10(3)6-7-15(16)14(13)9-12(11)5-2/h8-10,15H,4-7H2,1-3H3. The highest BCUT2D eigenvalue weighted by atomic mass is 35.5. The van der Waals surface area contributed by atoms with E-state index in [1.165, 1.54) is 28.7 Å². The Morgan fingerprint density at radius 2 is 1.62 bits per heavy atom. The number of benzene rings is 1. The van der Waals surface area contributed by atoms with E-state index in [4.69, 9.17) is 11.6 Å². The van der Waals surface area contributed by atoms with Crippen LogP contribution in [0.15, 0.2) is 12.1 Å². The van der Waals surface area contributed by atoms with Gasteiger partial charge in [0.1, 0.15) is 0 Å². The second-order valence-electron chi connectivity index (χ2n) is 4.90. The van der Waals surface area contributed by atoms with Gasteiger partial charge in [0.05, 0.1) is 5.38 Å². The van der Waals surface area contributed by atoms with E-state index in [-0.39, 0.29) is 5.38 Å². The van der Waals surface area contributed by atoms with Crippen molar-refractivity contribution in [2.75, 3.05) is 0 Å². The van der Waals surface area contributed by atoms with Crippen LogP contribution in [-0.2, 0) is 12.8 Å². The van der Waals surface area contributed by atoms with E-state index in [0.29, 0.717) is 5.92 Å². The van der Waals surface area contributed by atoms with Crippen molar-refractivity contribution in [3.63, 3.8) is 0 Å². The second-order valence-corrected chi connectivity index (χ2v) is 5.43. The van der Waals surface area contributed by atoms with Crippen molar-refractivity contribution in [3.05, 3.63) is 34.4 Å². The first-order valence-corrected chi connectivity index (χ1v) is 6.90. The van der Waals surface area contributed by atoms with Gasteiger partial charge in [0, 0.05) is 0 Å². The van der Waals surface area contributed by atoms with E-state index in [1.807, 2.05) is 0 Å². The second kappa shape index (κ2) is 4.79. The smallest absolute Gasteiger partial charge is 0.0588 e. The molecule has 1 aliphatic rings. The molecule has 0 spiro atoms. The summed E-state index contributed by atoms with van der Waals surface area (Å²) in [6.07, 6.45) is 4.62. The highest BCUT2D eigenvalue weighted by Crippen LogP contribution is 2.41. The Hall–Kier alpha value is -0.490. The average molecular weight is 237 g/mol. The molecule has 16 heavy (non-hydrogen) atoms. The van der Waals surface area contributed by atoms with Gasteiger partial charge in [0.2, 0.25) is 0 Å². The Bertz CT molecular complexity index is 344. The third-order valence-corrected chi connectivity index (χ3v) is 4.34. The highest BCUT2D eigenvalue weighted by molar-refractivity contribution is 6.21. The lowest BCUT2D eigenvalue weighted by Gasteiger charge is -2.28. The number of fused-ring (bicyclic) bond motifs is 1. The van der Waals surface area contributed by atoms with Crippen molar-refractivity contribution in [3.8, 4) is 0 Å². The summed E-state index contributed by atoms with van der Waals surface area (Å²) in [4.78, 5) is 0. The molecule has 1 heteroatoms. The molecule has 1 aliphatic carbocycles. The van der Waals surface area contributed by atoms with Crippen molar-refractivity contribution in [2.24, 2.45) is 0 Å². The fraction of sp³-hybridized carbons (Fsp3) is 0.600. The first-order valence-electron chi connectivity index (χ1n) is 6.47. The predicted molar refractivity (Wildman–Crippen MR) is 71.4 cm³/mol. The fourth-order valence-corrected chi connectivity index (χ4v) is 3.11. The summed E-state index contributed by atoms with van der Waals surface area (Å²) in [6.45, 7) is 6.80. The van der Waals surface area contributed by atoms with Crippen LogP contribution in [0.4, 0.5) is 0 Å². The molecule has 0 N–H and O–H groups in total. The van der Waals surface area contributed by atoms with Crippen molar-refractivity contribution in [2.45, 2.75) is 57.7 Å². The molecule has 0 amide bonds. The van der Waals surface area contributed by atoms with Crippen LogP contribution < -0.4 is 0 Å². The van der Waals surface area contributed by atoms with Crippen molar-refractivity contribution in [1.82, 2.24) is 0 Å². The Labute approximate surface area is 104 Å². The zero-order valence-electron chi connectivity index (χ0n) is 10.5. The van der Waals surface area contributed by atoms with Gasteiger partial charge in [-0.25, -0.2) is 0 Å². The quantitative estimate of drug-likeness (QED) is 0.635. The van der Waals surface area contributed by atoms with Crippen LogP contribution in [-0.4, -0.2) is 0 Å². The molecule has 0 saturated carbocycles. The first kappa shape index (κ1) is 12.0. The number of rotatable bonds is 2. The molecule has 2 unspecified atom stereocenters. The highest BCUT2D eigenvalue weighted by Gasteiger charge is 2.24. The van der Waals surface area contributed by atoms with Crippen molar-refractivity contribution < 1.29 is 0 Å². The number of hydrogen-bond acceptors (Lipinski definition) is 0. The number of halogens is 1. The van der Waals surface area contributed by atoms with Gasteiger partial charge in [0.15, 0.2) is 0 Å². The monoisotopic (exact) mass is 236 g/mol. The predicted octanol–water partition coefficient (Wildman–Crippen LogP) is 4.99. The van der Waals surface area contributed by atoms with Crippen molar-refractivity contribution in [1.29, 1.82) is 0 Å². The van der Waals surface area contributed by atoms with E-state index in [1.54, 1.807) is 0 Å². The summed E-state index contributed by atoms with van der Waals surface area (Å²) >= 11 is 6.44. The Balaban J connectivity index is 2.53. The third kappa shape index (κ3) is 2.00. The fourth-order valence-electron chi connectivity index (χ4n) is 2.79. The van der Waals surface area contributed by atoms with Crippen LogP contribution in [0, 0.1) is 0 Å².